The molecule has 0 spiro atoms. The van der Waals surface area contributed by atoms with Gasteiger partial charge in [0.1, 0.15) is 0 Å². The number of benzene rings is 2. The number of aryl methyl sites for hydroxylation is 2. The maximum absolute atomic E-state index is 12.8. The van der Waals surface area contributed by atoms with Gasteiger partial charge in [0.2, 0.25) is 5.89 Å². The maximum atomic E-state index is 12.8. The molecule has 1 N–H and O–H groups in total. The number of thiazole rings is 1. The van der Waals surface area contributed by atoms with Crippen LogP contribution >= 0.6 is 11.3 Å². The quantitative estimate of drug-likeness (QED) is 0.467. The van der Waals surface area contributed by atoms with Crippen molar-refractivity contribution >= 4 is 26.5 Å². The summed E-state index contributed by atoms with van der Waals surface area (Å²) in [5.74, 6) is 1.11. The minimum absolute atomic E-state index is 0.175. The van der Waals surface area contributed by atoms with Gasteiger partial charge in [-0.3, -0.25) is 4.72 Å². The molecule has 0 saturated carbocycles. The van der Waals surface area contributed by atoms with Crippen LogP contribution in [0.3, 0.4) is 0 Å². The lowest BCUT2D eigenvalue weighted by atomic mass is 10.0. The molecule has 152 valence electrons. The molecule has 0 atom stereocenters. The van der Waals surface area contributed by atoms with Gasteiger partial charge in [0, 0.05) is 16.0 Å². The first-order valence-corrected chi connectivity index (χ1v) is 12.0. The number of fused-ring (bicyclic) bond motifs is 1. The van der Waals surface area contributed by atoms with Gasteiger partial charge in [0.25, 0.3) is 10.0 Å². The van der Waals surface area contributed by atoms with Gasteiger partial charge in [0.15, 0.2) is 10.9 Å². The van der Waals surface area contributed by atoms with Gasteiger partial charge in [-0.1, -0.05) is 30.3 Å². The first-order valence-electron chi connectivity index (χ1n) is 9.71. The molecule has 2 aromatic heterocycles. The normalized spacial score (nSPS) is 13.7. The Morgan fingerprint density at radius 2 is 1.70 bits per heavy atom. The zero-order valence-electron chi connectivity index (χ0n) is 16.0. The van der Waals surface area contributed by atoms with Gasteiger partial charge in [-0.15, -0.1) is 11.3 Å². The van der Waals surface area contributed by atoms with Crippen LogP contribution < -0.4 is 4.72 Å². The summed E-state index contributed by atoms with van der Waals surface area (Å²) in [6, 6.07) is 16.2. The van der Waals surface area contributed by atoms with Crippen molar-refractivity contribution in [3.63, 3.8) is 0 Å². The van der Waals surface area contributed by atoms with Crippen molar-refractivity contribution in [2.75, 3.05) is 4.72 Å². The van der Waals surface area contributed by atoms with Crippen LogP contribution in [0.4, 0.5) is 5.13 Å². The lowest BCUT2D eigenvalue weighted by Crippen LogP contribution is -2.12. The number of aromatic nitrogens is 2. The third-order valence-electron chi connectivity index (χ3n) is 5.04. The fourth-order valence-electron chi connectivity index (χ4n) is 3.49. The molecule has 0 bridgehead atoms. The molecule has 0 aliphatic heterocycles. The summed E-state index contributed by atoms with van der Waals surface area (Å²) in [5.41, 5.74) is 2.67. The Labute approximate surface area is 178 Å². The molecular weight excluding hydrogens is 418 g/mol. The fraction of sp³-hybridized carbons (Fsp3) is 0.182. The summed E-state index contributed by atoms with van der Waals surface area (Å²) in [5, 5.41) is 0.436. The highest BCUT2D eigenvalue weighted by molar-refractivity contribution is 7.93. The van der Waals surface area contributed by atoms with Crippen molar-refractivity contribution in [1.82, 2.24) is 9.97 Å². The molecule has 0 unspecified atom stereocenters. The second-order valence-electron chi connectivity index (χ2n) is 7.12. The number of nitrogens with zero attached hydrogens (tertiary/aromatic N) is 2. The highest BCUT2D eigenvalue weighted by Crippen LogP contribution is 2.31. The molecule has 2 aromatic carbocycles. The van der Waals surface area contributed by atoms with Crippen LogP contribution in [-0.2, 0) is 22.9 Å². The average Bonchev–Trinajstić information content (AvgIpc) is 3.41. The Kier molecular flexibility index (Phi) is 4.88. The summed E-state index contributed by atoms with van der Waals surface area (Å²) >= 11 is 1.43. The van der Waals surface area contributed by atoms with E-state index in [1.165, 1.54) is 16.2 Å². The standard InChI is InChI=1S/C22H19N3O3S2/c26-30(27,25-22-24-18-8-4-5-9-20(18)29-22)17-12-10-16(11-13-17)21-23-14-19(28-21)15-6-2-1-3-7-15/h1-3,6-7,10-14H,4-5,8-9H2,(H,24,25). The SMILES string of the molecule is O=S(=O)(Nc1nc2c(s1)CCCC2)c1ccc(-c2ncc(-c3ccccc3)o2)cc1. The number of nitrogens with one attached hydrogen (secondary N) is 1. The van der Waals surface area contributed by atoms with Gasteiger partial charge in [-0.05, 0) is 49.9 Å². The number of oxazole rings is 1. The average molecular weight is 438 g/mol. The zero-order valence-corrected chi connectivity index (χ0v) is 17.7. The third-order valence-corrected chi connectivity index (χ3v) is 7.60. The molecule has 5 rings (SSSR count). The van der Waals surface area contributed by atoms with Crippen LogP contribution in [0.5, 0.6) is 0 Å². The summed E-state index contributed by atoms with van der Waals surface area (Å²) in [7, 11) is -3.70. The predicted molar refractivity (Wildman–Crippen MR) is 117 cm³/mol. The summed E-state index contributed by atoms with van der Waals surface area (Å²) < 4.78 is 34.0. The van der Waals surface area contributed by atoms with Gasteiger partial charge < -0.3 is 4.42 Å². The topological polar surface area (TPSA) is 85.1 Å². The van der Waals surface area contributed by atoms with Crippen molar-refractivity contribution in [1.29, 1.82) is 0 Å². The molecule has 1 aliphatic rings. The molecule has 0 radical (unpaired) electrons. The Morgan fingerprint density at radius 1 is 0.933 bits per heavy atom. The maximum Gasteiger partial charge on any atom is 0.263 e. The van der Waals surface area contributed by atoms with E-state index in [0.717, 1.165) is 36.9 Å². The van der Waals surface area contributed by atoms with E-state index < -0.39 is 10.0 Å². The first-order chi connectivity index (χ1) is 14.6. The number of sulfonamides is 1. The minimum atomic E-state index is -3.70. The molecule has 4 aromatic rings. The first kappa shape index (κ1) is 19.0. The predicted octanol–water partition coefficient (Wildman–Crippen LogP) is 5.14. The van der Waals surface area contributed by atoms with Gasteiger partial charge in [-0.2, -0.15) is 0 Å². The summed E-state index contributed by atoms with van der Waals surface area (Å²) in [6.45, 7) is 0. The van der Waals surface area contributed by atoms with Gasteiger partial charge in [0.05, 0.1) is 16.8 Å². The number of hydrogen-bond donors (Lipinski definition) is 1. The van der Waals surface area contributed by atoms with E-state index in [1.54, 1.807) is 30.5 Å². The van der Waals surface area contributed by atoms with Crippen molar-refractivity contribution < 1.29 is 12.8 Å². The third kappa shape index (κ3) is 3.76. The lowest BCUT2D eigenvalue weighted by Gasteiger charge is -2.06. The molecule has 2 heterocycles. The monoisotopic (exact) mass is 437 g/mol. The number of rotatable bonds is 5. The van der Waals surface area contributed by atoms with E-state index in [1.807, 2.05) is 30.3 Å². The van der Waals surface area contributed by atoms with Crippen molar-refractivity contribution in [2.24, 2.45) is 0 Å². The van der Waals surface area contributed by atoms with Crippen LogP contribution in [0.25, 0.3) is 22.8 Å². The van der Waals surface area contributed by atoms with E-state index in [-0.39, 0.29) is 4.90 Å². The van der Waals surface area contributed by atoms with Crippen LogP contribution in [-0.4, -0.2) is 18.4 Å². The lowest BCUT2D eigenvalue weighted by molar-refractivity contribution is 0.588. The Hall–Kier alpha value is -2.97. The zero-order chi connectivity index (χ0) is 20.6. The second-order valence-corrected chi connectivity index (χ2v) is 9.89. The Morgan fingerprint density at radius 3 is 2.47 bits per heavy atom. The molecule has 0 amide bonds. The van der Waals surface area contributed by atoms with E-state index in [4.69, 9.17) is 4.42 Å². The Bertz CT molecular complexity index is 1250. The number of anilines is 1. The molecule has 0 fully saturated rings. The molecule has 0 saturated heterocycles. The van der Waals surface area contributed by atoms with Gasteiger partial charge >= 0.3 is 0 Å². The highest BCUT2D eigenvalue weighted by Gasteiger charge is 2.20. The van der Waals surface area contributed by atoms with Crippen LogP contribution in [0.1, 0.15) is 23.4 Å². The molecule has 30 heavy (non-hydrogen) atoms. The van der Waals surface area contributed by atoms with E-state index in [2.05, 4.69) is 14.7 Å². The van der Waals surface area contributed by atoms with Crippen LogP contribution in [0, 0.1) is 0 Å². The smallest absolute Gasteiger partial charge is 0.263 e. The van der Waals surface area contributed by atoms with Crippen LogP contribution in [0.15, 0.2) is 70.1 Å². The van der Waals surface area contributed by atoms with Crippen molar-refractivity contribution in [3.8, 4) is 22.8 Å². The second kappa shape index (κ2) is 7.70. The highest BCUT2D eigenvalue weighted by atomic mass is 32.2. The van der Waals surface area contributed by atoms with Gasteiger partial charge in [-0.25, -0.2) is 18.4 Å². The van der Waals surface area contributed by atoms with E-state index in [0.29, 0.717) is 22.3 Å². The summed E-state index contributed by atoms with van der Waals surface area (Å²) in [4.78, 5) is 10.1. The molecular formula is C22H19N3O3S2. The van der Waals surface area contributed by atoms with Crippen LogP contribution in [0.2, 0.25) is 0 Å². The van der Waals surface area contributed by atoms with E-state index >= 15 is 0 Å². The van der Waals surface area contributed by atoms with Crippen molar-refractivity contribution in [2.45, 2.75) is 30.6 Å². The molecule has 6 nitrogen and oxygen atoms in total. The number of hydrogen-bond acceptors (Lipinski definition) is 6. The summed E-state index contributed by atoms with van der Waals surface area (Å²) in [6.07, 6.45) is 5.81. The van der Waals surface area contributed by atoms with Crippen molar-refractivity contribution in [3.05, 3.63) is 71.4 Å². The minimum Gasteiger partial charge on any atom is -0.436 e. The largest absolute Gasteiger partial charge is 0.436 e. The molecule has 1 aliphatic carbocycles. The molecule has 8 heteroatoms. The van der Waals surface area contributed by atoms with E-state index in [9.17, 15) is 8.42 Å². The Balaban J connectivity index is 1.35. The fourth-order valence-corrected chi connectivity index (χ4v) is 5.77.